The average Bonchev–Trinajstić information content (AvgIpc) is 3.30. The number of sulfonamides is 1. The fourth-order valence-electron chi connectivity index (χ4n) is 2.27. The number of halogens is 2. The maximum Gasteiger partial charge on any atom is 0.244 e. The highest BCUT2D eigenvalue weighted by Gasteiger charge is 2.36. The van der Waals surface area contributed by atoms with Crippen LogP contribution in [0.1, 0.15) is 31.2 Å². The van der Waals surface area contributed by atoms with Crippen LogP contribution in [-0.4, -0.2) is 31.9 Å². The van der Waals surface area contributed by atoms with Gasteiger partial charge in [0.2, 0.25) is 10.0 Å². The van der Waals surface area contributed by atoms with Crippen LogP contribution in [0.2, 0.25) is 10.0 Å². The molecule has 2 fully saturated rings. The summed E-state index contributed by atoms with van der Waals surface area (Å²) in [4.78, 5) is 0.110. The van der Waals surface area contributed by atoms with Crippen LogP contribution in [0.5, 0.6) is 0 Å². The third-order valence-electron chi connectivity index (χ3n) is 3.96. The number of benzene rings is 1. The number of nitrogens with zero attached hydrogens (tertiary/aromatic N) is 1. The van der Waals surface area contributed by atoms with E-state index in [1.807, 2.05) is 0 Å². The molecule has 0 heterocycles. The molecule has 0 spiro atoms. The van der Waals surface area contributed by atoms with Gasteiger partial charge in [-0.2, -0.15) is 4.31 Å². The van der Waals surface area contributed by atoms with E-state index in [2.05, 4.69) is 5.32 Å². The van der Waals surface area contributed by atoms with Gasteiger partial charge < -0.3 is 5.32 Å². The normalized spacial score (nSPS) is 19.2. The third-order valence-corrected chi connectivity index (χ3v) is 6.67. The average molecular weight is 349 g/mol. The Balaban J connectivity index is 1.92. The summed E-state index contributed by atoms with van der Waals surface area (Å²) in [7, 11) is -1.98. The number of nitrogens with one attached hydrogen (secondary N) is 1. The lowest BCUT2D eigenvalue weighted by Crippen LogP contribution is -2.29. The van der Waals surface area contributed by atoms with Crippen molar-refractivity contribution in [3.05, 3.63) is 27.7 Å². The van der Waals surface area contributed by atoms with E-state index in [9.17, 15) is 8.42 Å². The first-order valence-electron chi connectivity index (χ1n) is 7.09. The largest absolute Gasteiger partial charge is 0.310 e. The first kappa shape index (κ1) is 15.6. The van der Waals surface area contributed by atoms with Crippen molar-refractivity contribution < 1.29 is 8.42 Å². The van der Waals surface area contributed by atoms with Crippen LogP contribution in [0.25, 0.3) is 0 Å². The lowest BCUT2D eigenvalue weighted by atomic mass is 10.2. The maximum atomic E-state index is 12.7. The van der Waals surface area contributed by atoms with Gasteiger partial charge in [-0.3, -0.25) is 0 Å². The van der Waals surface area contributed by atoms with Crippen molar-refractivity contribution in [3.63, 3.8) is 0 Å². The molecule has 0 bridgehead atoms. The molecule has 1 aromatic carbocycles. The minimum Gasteiger partial charge on any atom is -0.310 e. The van der Waals surface area contributed by atoms with Crippen molar-refractivity contribution in [1.29, 1.82) is 0 Å². The molecule has 21 heavy (non-hydrogen) atoms. The van der Waals surface area contributed by atoms with Gasteiger partial charge in [0.05, 0.1) is 5.02 Å². The minimum atomic E-state index is -3.59. The van der Waals surface area contributed by atoms with Crippen LogP contribution in [0.15, 0.2) is 17.0 Å². The van der Waals surface area contributed by atoms with E-state index in [0.717, 1.165) is 31.2 Å². The summed E-state index contributed by atoms with van der Waals surface area (Å²) in [5, 5.41) is 4.01. The molecule has 1 aromatic rings. The van der Waals surface area contributed by atoms with Crippen LogP contribution >= 0.6 is 23.2 Å². The second kappa shape index (κ2) is 5.70. The summed E-state index contributed by atoms with van der Waals surface area (Å²) in [6.07, 6.45) is 4.13. The highest BCUT2D eigenvalue weighted by atomic mass is 35.5. The Morgan fingerprint density at radius 2 is 1.90 bits per heavy atom. The molecular formula is C14H18Cl2N2O2S. The lowest BCUT2D eigenvalue weighted by molar-refractivity contribution is 0.464. The summed E-state index contributed by atoms with van der Waals surface area (Å²) in [5.74, 6) is 0. The quantitative estimate of drug-likeness (QED) is 0.859. The minimum absolute atomic E-state index is 0.0955. The van der Waals surface area contributed by atoms with Crippen LogP contribution in [-0.2, 0) is 16.6 Å². The Morgan fingerprint density at radius 3 is 2.48 bits per heavy atom. The van der Waals surface area contributed by atoms with Gasteiger partial charge in [0.15, 0.2) is 0 Å². The predicted molar refractivity (Wildman–Crippen MR) is 84.3 cm³/mol. The molecular weight excluding hydrogens is 331 g/mol. The fraction of sp³-hybridized carbons (Fsp3) is 0.571. The number of rotatable bonds is 6. The van der Waals surface area contributed by atoms with Gasteiger partial charge in [-0.25, -0.2) is 8.42 Å². The lowest BCUT2D eigenvalue weighted by Gasteiger charge is -2.19. The zero-order valence-corrected chi connectivity index (χ0v) is 14.1. The summed E-state index contributed by atoms with van der Waals surface area (Å²) in [6, 6.07) is 3.79. The van der Waals surface area contributed by atoms with Crippen molar-refractivity contribution in [1.82, 2.24) is 9.62 Å². The molecule has 1 N–H and O–H groups in total. The molecule has 7 heteroatoms. The van der Waals surface area contributed by atoms with Gasteiger partial charge in [-0.05, 0) is 43.4 Å². The van der Waals surface area contributed by atoms with Crippen LogP contribution in [0.4, 0.5) is 0 Å². The smallest absolute Gasteiger partial charge is 0.244 e. The molecule has 0 saturated heterocycles. The van der Waals surface area contributed by atoms with E-state index in [0.29, 0.717) is 17.6 Å². The number of hydrogen-bond donors (Lipinski definition) is 1. The van der Waals surface area contributed by atoms with E-state index >= 15 is 0 Å². The third kappa shape index (κ3) is 3.37. The molecule has 0 unspecified atom stereocenters. The molecule has 3 rings (SSSR count). The second-order valence-electron chi connectivity index (χ2n) is 5.78. The maximum absolute atomic E-state index is 12.7. The molecule has 0 atom stereocenters. The summed E-state index contributed by atoms with van der Waals surface area (Å²) in [6.45, 7) is 0.541. The summed E-state index contributed by atoms with van der Waals surface area (Å²) in [5.41, 5.74) is 0.735. The Hall–Kier alpha value is -0.330. The van der Waals surface area contributed by atoms with Crippen molar-refractivity contribution in [3.8, 4) is 0 Å². The standard InChI is InChI=1S/C14H18Cl2N2O2S/c1-18(12-4-5-12)21(19,20)13-7-10(15)6-9(14(13)16)8-17-11-2-3-11/h6-7,11-12,17H,2-5,8H2,1H3. The van der Waals surface area contributed by atoms with Gasteiger partial charge in [0.25, 0.3) is 0 Å². The Bertz CT molecular complexity index is 655. The Labute approximate surface area is 135 Å². The molecule has 0 aromatic heterocycles. The Kier molecular flexibility index (Phi) is 4.23. The van der Waals surface area contributed by atoms with Crippen LogP contribution in [0.3, 0.4) is 0 Å². The predicted octanol–water partition coefficient (Wildman–Crippen LogP) is 3.03. The summed E-state index contributed by atoms with van der Waals surface area (Å²) < 4.78 is 26.7. The van der Waals surface area contributed by atoms with Crippen molar-refractivity contribution in [2.45, 2.75) is 49.2 Å². The SMILES string of the molecule is CN(C1CC1)S(=O)(=O)c1cc(Cl)cc(CNC2CC2)c1Cl. The molecule has 0 amide bonds. The molecule has 116 valence electrons. The van der Waals surface area contributed by atoms with Gasteiger partial charge in [0, 0.05) is 30.7 Å². The topological polar surface area (TPSA) is 49.4 Å². The van der Waals surface area contributed by atoms with E-state index in [1.165, 1.54) is 10.4 Å². The van der Waals surface area contributed by atoms with E-state index < -0.39 is 10.0 Å². The zero-order valence-electron chi connectivity index (χ0n) is 11.8. The highest BCUT2D eigenvalue weighted by molar-refractivity contribution is 7.89. The zero-order chi connectivity index (χ0) is 15.2. The van der Waals surface area contributed by atoms with Crippen LogP contribution < -0.4 is 5.32 Å². The van der Waals surface area contributed by atoms with Crippen molar-refractivity contribution >= 4 is 33.2 Å². The highest BCUT2D eigenvalue weighted by Crippen LogP contribution is 2.36. The Morgan fingerprint density at radius 1 is 1.24 bits per heavy atom. The molecule has 2 saturated carbocycles. The number of hydrogen-bond acceptors (Lipinski definition) is 3. The second-order valence-corrected chi connectivity index (χ2v) is 8.56. The molecule has 0 aliphatic heterocycles. The van der Waals surface area contributed by atoms with Gasteiger partial charge in [0.1, 0.15) is 4.90 Å². The van der Waals surface area contributed by atoms with E-state index in [-0.39, 0.29) is 16.0 Å². The van der Waals surface area contributed by atoms with Crippen molar-refractivity contribution in [2.75, 3.05) is 7.05 Å². The molecule has 4 nitrogen and oxygen atoms in total. The van der Waals surface area contributed by atoms with Gasteiger partial charge >= 0.3 is 0 Å². The fourth-order valence-corrected chi connectivity index (χ4v) is 4.59. The van der Waals surface area contributed by atoms with Gasteiger partial charge in [-0.1, -0.05) is 23.2 Å². The van der Waals surface area contributed by atoms with E-state index in [1.54, 1.807) is 13.1 Å². The molecule has 2 aliphatic rings. The van der Waals surface area contributed by atoms with E-state index in [4.69, 9.17) is 23.2 Å². The first-order chi connectivity index (χ1) is 9.89. The summed E-state index contributed by atoms with van der Waals surface area (Å²) >= 11 is 12.4. The molecule has 2 aliphatic carbocycles. The monoisotopic (exact) mass is 348 g/mol. The first-order valence-corrected chi connectivity index (χ1v) is 9.28. The van der Waals surface area contributed by atoms with Gasteiger partial charge in [-0.15, -0.1) is 0 Å². The molecule has 0 radical (unpaired) electrons. The van der Waals surface area contributed by atoms with Crippen LogP contribution in [0, 0.1) is 0 Å². The van der Waals surface area contributed by atoms with Crippen molar-refractivity contribution in [2.24, 2.45) is 0 Å².